The van der Waals surface area contributed by atoms with Crippen molar-refractivity contribution in [2.45, 2.75) is 33.2 Å². The maximum atomic E-state index is 12.7. The van der Waals surface area contributed by atoms with Crippen LogP contribution >= 0.6 is 11.6 Å². The maximum Gasteiger partial charge on any atom is 0.236 e. The minimum Gasteiger partial charge on any atom is -0.409 e. The lowest BCUT2D eigenvalue weighted by Crippen LogP contribution is -2.48. The van der Waals surface area contributed by atoms with Crippen molar-refractivity contribution in [1.82, 2.24) is 4.90 Å². The van der Waals surface area contributed by atoms with Crippen molar-refractivity contribution < 1.29 is 10.0 Å². The van der Waals surface area contributed by atoms with Crippen molar-refractivity contribution in [3.05, 3.63) is 34.9 Å². The molecule has 21 heavy (non-hydrogen) atoms. The Morgan fingerprint density at radius 1 is 1.48 bits per heavy atom. The quantitative estimate of drug-likeness (QED) is 0.380. The molecule has 0 saturated heterocycles. The van der Waals surface area contributed by atoms with Crippen molar-refractivity contribution in [1.29, 1.82) is 0 Å². The molecule has 2 unspecified atom stereocenters. The number of carbonyl (C=O) groups excluding carboxylic acids is 1. The van der Waals surface area contributed by atoms with Crippen LogP contribution in [0, 0.1) is 5.41 Å². The molecule has 0 spiro atoms. The Hall–Kier alpha value is -1.75. The molecule has 1 aromatic carbocycles. The number of oxime groups is 1. The predicted molar refractivity (Wildman–Crippen MR) is 84.4 cm³/mol. The highest BCUT2D eigenvalue weighted by atomic mass is 35.5. The van der Waals surface area contributed by atoms with Crippen LogP contribution in [0.3, 0.4) is 0 Å². The molecule has 0 heterocycles. The summed E-state index contributed by atoms with van der Waals surface area (Å²) in [5.74, 6) is -0.270. The van der Waals surface area contributed by atoms with Gasteiger partial charge in [0.15, 0.2) is 5.84 Å². The van der Waals surface area contributed by atoms with E-state index in [1.807, 2.05) is 26.0 Å². The van der Waals surface area contributed by atoms with E-state index in [0.29, 0.717) is 11.4 Å². The zero-order chi connectivity index (χ0) is 16.2. The molecule has 3 N–H and O–H groups in total. The number of hydrogen-bond donors (Lipinski definition) is 2. The SMILES string of the molecule is CCC(C)(C(=O)N(C)C(C)c1ccc(Cl)cc1)/C(N)=N/O. The fraction of sp³-hybridized carbons (Fsp3) is 0.467. The van der Waals surface area contributed by atoms with Gasteiger partial charge < -0.3 is 15.8 Å². The van der Waals surface area contributed by atoms with Gasteiger partial charge in [-0.2, -0.15) is 0 Å². The van der Waals surface area contributed by atoms with Gasteiger partial charge >= 0.3 is 0 Å². The number of amidine groups is 1. The van der Waals surface area contributed by atoms with Crippen LogP contribution in [0.15, 0.2) is 29.4 Å². The van der Waals surface area contributed by atoms with Crippen LogP contribution in [-0.4, -0.2) is 28.9 Å². The standard InChI is InChI=1S/C15H22ClN3O2/c1-5-15(3,13(17)18-21)14(20)19(4)10(2)11-6-8-12(16)9-7-11/h6-10,21H,5H2,1-4H3,(H2,17,18). The average molecular weight is 312 g/mol. The first kappa shape index (κ1) is 17.3. The third-order valence-electron chi connectivity index (χ3n) is 4.11. The Morgan fingerprint density at radius 2 is 2.00 bits per heavy atom. The third kappa shape index (κ3) is 3.47. The molecule has 1 amide bonds. The van der Waals surface area contributed by atoms with Gasteiger partial charge in [0.2, 0.25) is 5.91 Å². The predicted octanol–water partition coefficient (Wildman–Crippen LogP) is 3.02. The molecule has 0 aliphatic rings. The van der Waals surface area contributed by atoms with Crippen LogP contribution < -0.4 is 5.73 Å². The molecular weight excluding hydrogens is 290 g/mol. The second kappa shape index (κ2) is 6.80. The van der Waals surface area contributed by atoms with Gasteiger partial charge in [0.25, 0.3) is 0 Å². The highest BCUT2D eigenvalue weighted by Gasteiger charge is 2.39. The summed E-state index contributed by atoms with van der Waals surface area (Å²) in [6.07, 6.45) is 0.444. The summed E-state index contributed by atoms with van der Waals surface area (Å²) in [5.41, 5.74) is 5.64. The van der Waals surface area contributed by atoms with Crippen molar-refractivity contribution >= 4 is 23.3 Å². The van der Waals surface area contributed by atoms with E-state index in [0.717, 1.165) is 5.56 Å². The van der Waals surface area contributed by atoms with E-state index in [4.69, 9.17) is 22.5 Å². The smallest absolute Gasteiger partial charge is 0.236 e. The first-order valence-corrected chi connectivity index (χ1v) is 7.16. The third-order valence-corrected chi connectivity index (χ3v) is 4.36. The minimum atomic E-state index is -1.02. The first-order chi connectivity index (χ1) is 9.77. The summed E-state index contributed by atoms with van der Waals surface area (Å²) >= 11 is 5.87. The van der Waals surface area contributed by atoms with Crippen LogP contribution in [0.1, 0.15) is 38.8 Å². The Labute approximate surface area is 130 Å². The number of amides is 1. The van der Waals surface area contributed by atoms with E-state index in [9.17, 15) is 4.79 Å². The van der Waals surface area contributed by atoms with Gasteiger partial charge in [-0.25, -0.2) is 0 Å². The first-order valence-electron chi connectivity index (χ1n) is 6.78. The van der Waals surface area contributed by atoms with E-state index < -0.39 is 5.41 Å². The Bertz CT molecular complexity index is 530. The van der Waals surface area contributed by atoms with Gasteiger partial charge in [-0.3, -0.25) is 4.79 Å². The fourth-order valence-electron chi connectivity index (χ4n) is 2.08. The van der Waals surface area contributed by atoms with Crippen LogP contribution in [0.25, 0.3) is 0 Å². The molecule has 0 aromatic heterocycles. The molecule has 116 valence electrons. The maximum absolute atomic E-state index is 12.7. The fourth-order valence-corrected chi connectivity index (χ4v) is 2.21. The van der Waals surface area contributed by atoms with Crippen LogP contribution in [0.4, 0.5) is 0 Å². The lowest BCUT2D eigenvalue weighted by molar-refractivity contribution is -0.138. The Morgan fingerprint density at radius 3 is 2.43 bits per heavy atom. The normalized spacial score (nSPS) is 16.1. The number of nitrogens with two attached hydrogens (primary N) is 1. The molecular formula is C15H22ClN3O2. The molecule has 6 heteroatoms. The number of rotatable bonds is 5. The summed E-state index contributed by atoms with van der Waals surface area (Å²) in [4.78, 5) is 14.3. The molecule has 1 aromatic rings. The summed E-state index contributed by atoms with van der Waals surface area (Å²) in [5, 5.41) is 12.6. The molecule has 0 aliphatic heterocycles. The van der Waals surface area contributed by atoms with E-state index in [1.54, 1.807) is 31.0 Å². The van der Waals surface area contributed by atoms with Gasteiger partial charge in [0, 0.05) is 12.1 Å². The monoisotopic (exact) mass is 311 g/mol. The number of nitrogens with zero attached hydrogens (tertiary/aromatic N) is 2. The zero-order valence-corrected chi connectivity index (χ0v) is 13.6. The topological polar surface area (TPSA) is 78.9 Å². The molecule has 0 fully saturated rings. The van der Waals surface area contributed by atoms with E-state index in [-0.39, 0.29) is 17.8 Å². The van der Waals surface area contributed by atoms with Crippen LogP contribution in [-0.2, 0) is 4.79 Å². The molecule has 0 radical (unpaired) electrons. The minimum absolute atomic E-state index is 0.0786. The van der Waals surface area contributed by atoms with E-state index in [1.165, 1.54) is 0 Å². The highest BCUT2D eigenvalue weighted by molar-refractivity contribution is 6.30. The molecule has 2 atom stereocenters. The van der Waals surface area contributed by atoms with Crippen molar-refractivity contribution in [2.24, 2.45) is 16.3 Å². The number of carbonyl (C=O) groups is 1. The molecule has 0 saturated carbocycles. The second-order valence-corrected chi connectivity index (χ2v) is 5.75. The Balaban J connectivity index is 3.03. The van der Waals surface area contributed by atoms with Crippen LogP contribution in [0.5, 0.6) is 0 Å². The van der Waals surface area contributed by atoms with Gasteiger partial charge in [-0.05, 0) is 38.0 Å². The average Bonchev–Trinajstić information content (AvgIpc) is 2.51. The van der Waals surface area contributed by atoms with Gasteiger partial charge in [0.1, 0.15) is 5.41 Å². The largest absolute Gasteiger partial charge is 0.409 e. The lowest BCUT2D eigenvalue weighted by atomic mass is 9.84. The van der Waals surface area contributed by atoms with Crippen molar-refractivity contribution in [3.8, 4) is 0 Å². The van der Waals surface area contributed by atoms with Crippen LogP contribution in [0.2, 0.25) is 5.02 Å². The molecule has 0 aliphatic carbocycles. The van der Waals surface area contributed by atoms with E-state index >= 15 is 0 Å². The molecule has 5 nitrogen and oxygen atoms in total. The summed E-state index contributed by atoms with van der Waals surface area (Å²) < 4.78 is 0. The Kier molecular flexibility index (Phi) is 5.61. The van der Waals surface area contributed by atoms with Crippen molar-refractivity contribution in [3.63, 3.8) is 0 Å². The highest BCUT2D eigenvalue weighted by Crippen LogP contribution is 2.29. The number of hydrogen-bond acceptors (Lipinski definition) is 3. The summed E-state index contributed by atoms with van der Waals surface area (Å²) in [6.45, 7) is 5.43. The number of halogens is 1. The zero-order valence-electron chi connectivity index (χ0n) is 12.8. The lowest BCUT2D eigenvalue weighted by Gasteiger charge is -2.34. The summed E-state index contributed by atoms with van der Waals surface area (Å²) in [7, 11) is 1.71. The van der Waals surface area contributed by atoms with Gasteiger partial charge in [0.05, 0.1) is 6.04 Å². The summed E-state index contributed by atoms with van der Waals surface area (Å²) in [6, 6.07) is 7.18. The second-order valence-electron chi connectivity index (χ2n) is 5.31. The molecule has 0 bridgehead atoms. The van der Waals surface area contributed by atoms with Gasteiger partial charge in [-0.15, -0.1) is 0 Å². The van der Waals surface area contributed by atoms with Crippen molar-refractivity contribution in [2.75, 3.05) is 7.05 Å². The van der Waals surface area contributed by atoms with Gasteiger partial charge in [-0.1, -0.05) is 35.8 Å². The van der Waals surface area contributed by atoms with E-state index in [2.05, 4.69) is 5.16 Å². The number of benzene rings is 1. The molecule has 1 rings (SSSR count).